The number of ether oxygens (including phenoxy) is 1. The van der Waals surface area contributed by atoms with E-state index in [1.807, 2.05) is 38.1 Å². The SMILES string of the molecule is COc1cccc(CNC(=O)Nc2ccc(NC(=O)C(C)C)cc2)c1. The van der Waals surface area contributed by atoms with E-state index in [4.69, 9.17) is 4.74 Å². The molecule has 0 heterocycles. The molecule has 3 N–H and O–H groups in total. The van der Waals surface area contributed by atoms with Crippen molar-refractivity contribution in [3.05, 3.63) is 54.1 Å². The van der Waals surface area contributed by atoms with Crippen molar-refractivity contribution in [1.29, 1.82) is 0 Å². The van der Waals surface area contributed by atoms with Gasteiger partial charge in [0.05, 0.1) is 7.11 Å². The van der Waals surface area contributed by atoms with E-state index >= 15 is 0 Å². The molecule has 2 aromatic carbocycles. The van der Waals surface area contributed by atoms with E-state index in [0.717, 1.165) is 11.3 Å². The van der Waals surface area contributed by atoms with Gasteiger partial charge in [0.25, 0.3) is 0 Å². The quantitative estimate of drug-likeness (QED) is 0.751. The summed E-state index contributed by atoms with van der Waals surface area (Å²) in [6.07, 6.45) is 0. The van der Waals surface area contributed by atoms with Crippen LogP contribution in [-0.4, -0.2) is 19.0 Å². The summed E-state index contributed by atoms with van der Waals surface area (Å²) < 4.78 is 5.15. The first-order chi connectivity index (χ1) is 12.0. The lowest BCUT2D eigenvalue weighted by atomic mass is 10.2. The van der Waals surface area contributed by atoms with Gasteiger partial charge in [0.2, 0.25) is 5.91 Å². The molecular formula is C19H23N3O3. The molecule has 132 valence electrons. The van der Waals surface area contributed by atoms with Crippen LogP contribution in [0.4, 0.5) is 16.2 Å². The van der Waals surface area contributed by atoms with E-state index in [1.165, 1.54) is 0 Å². The topological polar surface area (TPSA) is 79.5 Å². The molecule has 0 unspecified atom stereocenters. The lowest BCUT2D eigenvalue weighted by Crippen LogP contribution is -2.28. The Morgan fingerprint density at radius 2 is 1.64 bits per heavy atom. The summed E-state index contributed by atoms with van der Waals surface area (Å²) in [6, 6.07) is 14.2. The zero-order valence-corrected chi connectivity index (χ0v) is 14.6. The zero-order valence-electron chi connectivity index (χ0n) is 14.6. The van der Waals surface area contributed by atoms with Crippen molar-refractivity contribution in [3.63, 3.8) is 0 Å². The largest absolute Gasteiger partial charge is 0.497 e. The fraction of sp³-hybridized carbons (Fsp3) is 0.263. The molecule has 0 bridgehead atoms. The Bertz CT molecular complexity index is 727. The van der Waals surface area contributed by atoms with Crippen LogP contribution in [0, 0.1) is 5.92 Å². The van der Waals surface area contributed by atoms with Gasteiger partial charge < -0.3 is 20.7 Å². The highest BCUT2D eigenvalue weighted by atomic mass is 16.5. The predicted octanol–water partition coefficient (Wildman–Crippen LogP) is 3.61. The number of carbonyl (C=O) groups excluding carboxylic acids is 2. The number of benzene rings is 2. The third-order valence-corrected chi connectivity index (χ3v) is 3.52. The van der Waals surface area contributed by atoms with Gasteiger partial charge in [-0.15, -0.1) is 0 Å². The van der Waals surface area contributed by atoms with Crippen LogP contribution in [0.2, 0.25) is 0 Å². The maximum atomic E-state index is 12.0. The maximum absolute atomic E-state index is 12.0. The second kappa shape index (κ2) is 8.73. The van der Waals surface area contributed by atoms with Crippen LogP contribution < -0.4 is 20.7 Å². The molecule has 0 radical (unpaired) electrons. The lowest BCUT2D eigenvalue weighted by Gasteiger charge is -2.10. The number of urea groups is 1. The van der Waals surface area contributed by atoms with Crippen LogP contribution in [0.1, 0.15) is 19.4 Å². The van der Waals surface area contributed by atoms with Crippen molar-refractivity contribution in [2.45, 2.75) is 20.4 Å². The molecule has 0 spiro atoms. The molecule has 25 heavy (non-hydrogen) atoms. The zero-order chi connectivity index (χ0) is 18.2. The molecule has 0 fully saturated rings. The Labute approximate surface area is 147 Å². The standard InChI is InChI=1S/C19H23N3O3/c1-13(2)18(23)21-15-7-9-16(10-8-15)22-19(24)20-12-14-5-4-6-17(11-14)25-3/h4-11,13H,12H2,1-3H3,(H,21,23)(H2,20,22,24). The summed E-state index contributed by atoms with van der Waals surface area (Å²) in [5, 5.41) is 8.34. The smallest absolute Gasteiger partial charge is 0.319 e. The Hall–Kier alpha value is -3.02. The van der Waals surface area contributed by atoms with E-state index in [-0.39, 0.29) is 17.9 Å². The number of hydrogen-bond acceptors (Lipinski definition) is 3. The average Bonchev–Trinajstić information content (AvgIpc) is 2.61. The number of hydrogen-bond donors (Lipinski definition) is 3. The molecule has 0 saturated carbocycles. The maximum Gasteiger partial charge on any atom is 0.319 e. The van der Waals surface area contributed by atoms with Crippen molar-refractivity contribution >= 4 is 23.3 Å². The average molecular weight is 341 g/mol. The van der Waals surface area contributed by atoms with Crippen molar-refractivity contribution in [2.75, 3.05) is 17.7 Å². The van der Waals surface area contributed by atoms with E-state index in [9.17, 15) is 9.59 Å². The summed E-state index contributed by atoms with van der Waals surface area (Å²) in [4.78, 5) is 23.6. The van der Waals surface area contributed by atoms with Crippen LogP contribution in [-0.2, 0) is 11.3 Å². The van der Waals surface area contributed by atoms with E-state index in [2.05, 4.69) is 16.0 Å². The first-order valence-electron chi connectivity index (χ1n) is 8.06. The molecule has 2 aromatic rings. The number of carbonyl (C=O) groups is 2. The monoisotopic (exact) mass is 341 g/mol. The normalized spacial score (nSPS) is 10.2. The summed E-state index contributed by atoms with van der Waals surface area (Å²) >= 11 is 0. The van der Waals surface area contributed by atoms with Gasteiger partial charge in [-0.2, -0.15) is 0 Å². The first kappa shape index (κ1) is 18.3. The number of anilines is 2. The van der Waals surface area contributed by atoms with Crippen molar-refractivity contribution in [3.8, 4) is 5.75 Å². The second-order valence-electron chi connectivity index (χ2n) is 5.88. The molecule has 2 rings (SSSR count). The molecule has 6 heteroatoms. The number of amides is 3. The van der Waals surface area contributed by atoms with E-state index in [0.29, 0.717) is 17.9 Å². The molecule has 0 atom stereocenters. The van der Waals surface area contributed by atoms with E-state index in [1.54, 1.807) is 31.4 Å². The lowest BCUT2D eigenvalue weighted by molar-refractivity contribution is -0.118. The summed E-state index contributed by atoms with van der Waals surface area (Å²) in [5.74, 6) is 0.621. The fourth-order valence-electron chi connectivity index (χ4n) is 2.06. The van der Waals surface area contributed by atoms with Crippen molar-refractivity contribution < 1.29 is 14.3 Å². The van der Waals surface area contributed by atoms with Gasteiger partial charge in [-0.3, -0.25) is 4.79 Å². The minimum Gasteiger partial charge on any atom is -0.497 e. The van der Waals surface area contributed by atoms with E-state index < -0.39 is 0 Å². The third-order valence-electron chi connectivity index (χ3n) is 3.52. The van der Waals surface area contributed by atoms with Crippen LogP contribution in [0.15, 0.2) is 48.5 Å². The highest BCUT2D eigenvalue weighted by Gasteiger charge is 2.07. The van der Waals surface area contributed by atoms with Gasteiger partial charge in [-0.1, -0.05) is 26.0 Å². The minimum absolute atomic E-state index is 0.0447. The van der Waals surface area contributed by atoms with Gasteiger partial charge in [0.1, 0.15) is 5.75 Å². The highest BCUT2D eigenvalue weighted by molar-refractivity contribution is 5.93. The Morgan fingerprint density at radius 1 is 1.00 bits per heavy atom. The Morgan fingerprint density at radius 3 is 2.24 bits per heavy atom. The minimum atomic E-state index is -0.304. The summed E-state index contributed by atoms with van der Waals surface area (Å²) in [5.41, 5.74) is 2.29. The fourth-order valence-corrected chi connectivity index (χ4v) is 2.06. The van der Waals surface area contributed by atoms with Crippen LogP contribution >= 0.6 is 0 Å². The molecule has 6 nitrogen and oxygen atoms in total. The molecule has 0 aliphatic carbocycles. The first-order valence-corrected chi connectivity index (χ1v) is 8.06. The molecule has 0 aliphatic heterocycles. The van der Waals surface area contributed by atoms with Gasteiger partial charge in [0.15, 0.2) is 0 Å². The van der Waals surface area contributed by atoms with Gasteiger partial charge in [0, 0.05) is 23.8 Å². The Kier molecular flexibility index (Phi) is 6.39. The summed E-state index contributed by atoms with van der Waals surface area (Å²) in [6.45, 7) is 4.06. The highest BCUT2D eigenvalue weighted by Crippen LogP contribution is 2.15. The molecule has 0 saturated heterocycles. The Balaban J connectivity index is 1.84. The predicted molar refractivity (Wildman–Crippen MR) is 98.8 cm³/mol. The summed E-state index contributed by atoms with van der Waals surface area (Å²) in [7, 11) is 1.60. The third kappa shape index (κ3) is 5.84. The molecular weight excluding hydrogens is 318 g/mol. The van der Waals surface area contributed by atoms with Gasteiger partial charge in [-0.25, -0.2) is 4.79 Å². The van der Waals surface area contributed by atoms with Crippen LogP contribution in [0.25, 0.3) is 0 Å². The second-order valence-corrected chi connectivity index (χ2v) is 5.88. The number of rotatable bonds is 6. The van der Waals surface area contributed by atoms with Crippen LogP contribution in [0.3, 0.4) is 0 Å². The van der Waals surface area contributed by atoms with Crippen LogP contribution in [0.5, 0.6) is 5.75 Å². The molecule has 0 aromatic heterocycles. The van der Waals surface area contributed by atoms with Gasteiger partial charge >= 0.3 is 6.03 Å². The molecule has 0 aliphatic rings. The molecule has 3 amide bonds. The van der Waals surface area contributed by atoms with Crippen molar-refractivity contribution in [2.24, 2.45) is 5.92 Å². The van der Waals surface area contributed by atoms with Gasteiger partial charge in [-0.05, 0) is 42.0 Å². The number of nitrogens with one attached hydrogen (secondary N) is 3. The van der Waals surface area contributed by atoms with Crippen molar-refractivity contribution in [1.82, 2.24) is 5.32 Å². The number of methoxy groups -OCH3 is 1.